The fourth-order valence-electron chi connectivity index (χ4n) is 2.59. The van der Waals surface area contributed by atoms with Crippen LogP contribution in [0.2, 0.25) is 0 Å². The van der Waals surface area contributed by atoms with Crippen molar-refractivity contribution in [1.29, 1.82) is 0 Å². The van der Waals surface area contributed by atoms with Crippen molar-refractivity contribution < 1.29 is 18.7 Å². The summed E-state index contributed by atoms with van der Waals surface area (Å²) in [7, 11) is 1.51. The Morgan fingerprint density at radius 1 is 1.21 bits per heavy atom. The number of methoxy groups -OCH3 is 1. The molecule has 19 heavy (non-hydrogen) atoms. The molecule has 1 aromatic carbocycles. The Labute approximate surface area is 110 Å². The monoisotopic (exact) mass is 260 g/mol. The molecule has 98 valence electrons. The lowest BCUT2D eigenvalue weighted by molar-refractivity contribution is -0.239. The summed E-state index contributed by atoms with van der Waals surface area (Å²) in [5.41, 5.74) is 0.568. The Kier molecular flexibility index (Phi) is 2.49. The molecule has 0 aromatic heterocycles. The van der Waals surface area contributed by atoms with E-state index in [1.807, 2.05) is 0 Å². The Morgan fingerprint density at radius 2 is 1.89 bits per heavy atom. The van der Waals surface area contributed by atoms with Crippen LogP contribution in [-0.2, 0) is 25.7 Å². The van der Waals surface area contributed by atoms with Gasteiger partial charge in [-0.25, -0.2) is 4.39 Å². The van der Waals surface area contributed by atoms with E-state index in [2.05, 4.69) is 0 Å². The predicted octanol–water partition coefficient (Wildman–Crippen LogP) is 2.57. The predicted molar refractivity (Wildman–Crippen MR) is 66.8 cm³/mol. The molecule has 4 heteroatoms. The highest BCUT2D eigenvalue weighted by molar-refractivity contribution is 6.00. The summed E-state index contributed by atoms with van der Waals surface area (Å²) in [5, 5.41) is 0. The van der Waals surface area contributed by atoms with E-state index in [1.165, 1.54) is 31.4 Å². The lowest BCUT2D eigenvalue weighted by Gasteiger charge is -2.29. The van der Waals surface area contributed by atoms with E-state index in [1.54, 1.807) is 25.1 Å². The third-order valence-corrected chi connectivity index (χ3v) is 3.64. The number of carbonyl (C=O) groups is 1. The summed E-state index contributed by atoms with van der Waals surface area (Å²) in [6, 6.07) is 4.45. The number of ether oxygens (including phenoxy) is 2. The van der Waals surface area contributed by atoms with Crippen molar-refractivity contribution >= 4 is 5.78 Å². The minimum atomic E-state index is -1.04. The van der Waals surface area contributed by atoms with Crippen LogP contribution in [0, 0.1) is 5.82 Å². The quantitative estimate of drug-likeness (QED) is 0.778. The van der Waals surface area contributed by atoms with Gasteiger partial charge in [-0.3, -0.25) is 4.79 Å². The highest BCUT2D eigenvalue weighted by atomic mass is 19.1. The molecule has 1 spiro atoms. The standard InChI is InChI=1S/C15H13FO3/c1-14(18-2)13-9-10(16)3-4-12(13)15(19-14)7-5-11(17)6-8-15/h3-9H,1-2H3. The van der Waals surface area contributed by atoms with Crippen molar-refractivity contribution in [2.75, 3.05) is 7.11 Å². The summed E-state index contributed by atoms with van der Waals surface area (Å²) >= 11 is 0. The van der Waals surface area contributed by atoms with Crippen LogP contribution < -0.4 is 0 Å². The van der Waals surface area contributed by atoms with Gasteiger partial charge in [-0.05, 0) is 43.4 Å². The first-order valence-electron chi connectivity index (χ1n) is 5.97. The minimum absolute atomic E-state index is 0.0936. The van der Waals surface area contributed by atoms with Crippen LogP contribution in [-0.4, -0.2) is 12.9 Å². The number of rotatable bonds is 1. The first-order chi connectivity index (χ1) is 8.99. The second-order valence-corrected chi connectivity index (χ2v) is 4.80. The molecular weight excluding hydrogens is 247 g/mol. The average molecular weight is 260 g/mol. The molecule has 1 atom stereocenters. The molecule has 1 aliphatic heterocycles. The van der Waals surface area contributed by atoms with Crippen molar-refractivity contribution in [3.63, 3.8) is 0 Å². The summed E-state index contributed by atoms with van der Waals surface area (Å²) < 4.78 is 24.8. The van der Waals surface area contributed by atoms with E-state index >= 15 is 0 Å². The minimum Gasteiger partial charge on any atom is -0.349 e. The Bertz CT molecular complexity index is 602. The zero-order chi connectivity index (χ0) is 13.7. The van der Waals surface area contributed by atoms with Crippen LogP contribution in [0.3, 0.4) is 0 Å². The van der Waals surface area contributed by atoms with Gasteiger partial charge in [0.1, 0.15) is 11.4 Å². The van der Waals surface area contributed by atoms with Crippen LogP contribution in [0.5, 0.6) is 0 Å². The van der Waals surface area contributed by atoms with Gasteiger partial charge in [0.25, 0.3) is 0 Å². The van der Waals surface area contributed by atoms with Crippen LogP contribution in [0.25, 0.3) is 0 Å². The maximum absolute atomic E-state index is 13.5. The molecule has 0 bridgehead atoms. The summed E-state index contributed by atoms with van der Waals surface area (Å²) in [5.74, 6) is -1.47. The van der Waals surface area contributed by atoms with Crippen molar-refractivity contribution in [3.05, 3.63) is 59.4 Å². The molecule has 3 nitrogen and oxygen atoms in total. The Balaban J connectivity index is 2.21. The van der Waals surface area contributed by atoms with Gasteiger partial charge in [0.2, 0.25) is 0 Å². The summed E-state index contributed by atoms with van der Waals surface area (Å²) in [6.45, 7) is 1.73. The topological polar surface area (TPSA) is 35.5 Å². The van der Waals surface area contributed by atoms with Crippen molar-refractivity contribution in [3.8, 4) is 0 Å². The molecule has 0 amide bonds. The third kappa shape index (κ3) is 1.68. The molecule has 3 rings (SSSR count). The summed E-state index contributed by atoms with van der Waals surface area (Å²) in [4.78, 5) is 11.3. The second-order valence-electron chi connectivity index (χ2n) is 4.80. The van der Waals surface area contributed by atoms with Gasteiger partial charge in [0, 0.05) is 18.2 Å². The molecular formula is C15H13FO3. The van der Waals surface area contributed by atoms with Crippen molar-refractivity contribution in [1.82, 2.24) is 0 Å². The van der Waals surface area contributed by atoms with Gasteiger partial charge >= 0.3 is 0 Å². The van der Waals surface area contributed by atoms with Gasteiger partial charge in [-0.2, -0.15) is 0 Å². The molecule has 2 aliphatic rings. The Hall–Kier alpha value is -1.78. The second kappa shape index (κ2) is 3.85. The maximum atomic E-state index is 13.5. The van der Waals surface area contributed by atoms with E-state index in [9.17, 15) is 9.18 Å². The lowest BCUT2D eigenvalue weighted by Crippen LogP contribution is -2.30. The molecule has 0 N–H and O–H groups in total. The molecule has 1 aromatic rings. The smallest absolute Gasteiger partial charge is 0.193 e. The lowest BCUT2D eigenvalue weighted by atomic mass is 9.87. The normalized spacial score (nSPS) is 27.0. The van der Waals surface area contributed by atoms with Gasteiger partial charge < -0.3 is 9.47 Å². The van der Waals surface area contributed by atoms with Crippen LogP contribution >= 0.6 is 0 Å². The van der Waals surface area contributed by atoms with E-state index in [-0.39, 0.29) is 11.6 Å². The van der Waals surface area contributed by atoms with Gasteiger partial charge in [-0.15, -0.1) is 0 Å². The zero-order valence-corrected chi connectivity index (χ0v) is 10.6. The number of fused-ring (bicyclic) bond motifs is 2. The van der Waals surface area contributed by atoms with E-state index in [0.29, 0.717) is 5.56 Å². The molecule has 0 saturated carbocycles. The number of ketones is 1. The van der Waals surface area contributed by atoms with Gasteiger partial charge in [0.15, 0.2) is 11.6 Å². The molecule has 1 unspecified atom stereocenters. The zero-order valence-electron chi connectivity index (χ0n) is 10.6. The molecule has 1 heterocycles. The third-order valence-electron chi connectivity index (χ3n) is 3.64. The number of benzene rings is 1. The number of carbonyl (C=O) groups excluding carboxylic acids is 1. The van der Waals surface area contributed by atoms with Crippen LogP contribution in [0.1, 0.15) is 18.1 Å². The highest BCUT2D eigenvalue weighted by Crippen LogP contribution is 2.50. The fraction of sp³-hybridized carbons (Fsp3) is 0.267. The first kappa shape index (κ1) is 12.3. The number of hydrogen-bond donors (Lipinski definition) is 0. The van der Waals surface area contributed by atoms with E-state index in [4.69, 9.17) is 9.47 Å². The molecule has 0 saturated heterocycles. The van der Waals surface area contributed by atoms with E-state index < -0.39 is 11.4 Å². The largest absolute Gasteiger partial charge is 0.349 e. The number of hydrogen-bond acceptors (Lipinski definition) is 3. The summed E-state index contributed by atoms with van der Waals surface area (Å²) in [6.07, 6.45) is 6.26. The molecule has 0 radical (unpaired) electrons. The molecule has 0 fully saturated rings. The van der Waals surface area contributed by atoms with Gasteiger partial charge in [-0.1, -0.05) is 6.07 Å². The maximum Gasteiger partial charge on any atom is 0.193 e. The first-order valence-corrected chi connectivity index (χ1v) is 5.97. The molecule has 1 aliphatic carbocycles. The van der Waals surface area contributed by atoms with Crippen molar-refractivity contribution in [2.24, 2.45) is 0 Å². The van der Waals surface area contributed by atoms with Gasteiger partial charge in [0.05, 0.1) is 0 Å². The number of allylic oxidation sites excluding steroid dienone is 2. The SMILES string of the molecule is COC1(C)OC2(C=CC(=O)C=C2)c2ccc(F)cc21. The van der Waals surface area contributed by atoms with Crippen LogP contribution in [0.15, 0.2) is 42.5 Å². The highest BCUT2D eigenvalue weighted by Gasteiger charge is 2.49. The fourth-order valence-corrected chi connectivity index (χ4v) is 2.59. The van der Waals surface area contributed by atoms with Crippen molar-refractivity contribution in [2.45, 2.75) is 18.3 Å². The van der Waals surface area contributed by atoms with Crippen LogP contribution in [0.4, 0.5) is 4.39 Å². The van der Waals surface area contributed by atoms with E-state index in [0.717, 1.165) is 5.56 Å². The average Bonchev–Trinajstić information content (AvgIpc) is 2.64. The number of halogens is 1. The Morgan fingerprint density at radius 3 is 2.53 bits per heavy atom.